The van der Waals surface area contributed by atoms with Crippen molar-refractivity contribution < 1.29 is 13.2 Å². The Morgan fingerprint density at radius 3 is 2.11 bits per heavy atom. The SMILES string of the molecule is COc1ccc(S(=O)(=O)n2nc(-c3ccc(C(C)(C)C)cc3)cc2N)cc1. The van der Waals surface area contributed by atoms with Crippen LogP contribution in [0.1, 0.15) is 26.3 Å². The van der Waals surface area contributed by atoms with Crippen LogP contribution in [0.15, 0.2) is 59.5 Å². The Balaban J connectivity index is 1.98. The fourth-order valence-corrected chi connectivity index (χ4v) is 3.91. The number of hydrogen-bond acceptors (Lipinski definition) is 5. The second-order valence-electron chi connectivity index (χ2n) is 7.31. The van der Waals surface area contributed by atoms with Gasteiger partial charge in [0, 0.05) is 11.6 Å². The third kappa shape index (κ3) is 3.68. The number of benzene rings is 2. The first-order valence-electron chi connectivity index (χ1n) is 8.49. The van der Waals surface area contributed by atoms with Crippen LogP contribution in [-0.4, -0.2) is 24.7 Å². The number of nitrogen functional groups attached to an aromatic ring is 1. The normalized spacial score (nSPS) is 12.1. The van der Waals surface area contributed by atoms with Crippen LogP contribution in [0.4, 0.5) is 5.82 Å². The zero-order valence-corrected chi connectivity index (χ0v) is 16.6. The van der Waals surface area contributed by atoms with Gasteiger partial charge in [-0.05, 0) is 35.2 Å². The highest BCUT2D eigenvalue weighted by Gasteiger charge is 2.22. The first-order chi connectivity index (χ1) is 12.6. The molecule has 142 valence electrons. The summed E-state index contributed by atoms with van der Waals surface area (Å²) in [6.45, 7) is 6.41. The van der Waals surface area contributed by atoms with Crippen molar-refractivity contribution in [2.24, 2.45) is 0 Å². The smallest absolute Gasteiger partial charge is 0.284 e. The molecule has 1 aromatic heterocycles. The van der Waals surface area contributed by atoms with Gasteiger partial charge in [-0.2, -0.15) is 13.5 Å². The molecule has 0 saturated carbocycles. The van der Waals surface area contributed by atoms with Crippen molar-refractivity contribution in [2.45, 2.75) is 31.1 Å². The first-order valence-corrected chi connectivity index (χ1v) is 9.93. The first kappa shape index (κ1) is 19.0. The third-order valence-electron chi connectivity index (χ3n) is 4.34. The van der Waals surface area contributed by atoms with Gasteiger partial charge < -0.3 is 10.5 Å². The van der Waals surface area contributed by atoms with E-state index in [1.807, 2.05) is 24.3 Å². The lowest BCUT2D eigenvalue weighted by Crippen LogP contribution is -2.16. The number of nitrogens with zero attached hydrogens (tertiary/aromatic N) is 2. The van der Waals surface area contributed by atoms with Crippen LogP contribution >= 0.6 is 0 Å². The number of nitrogens with two attached hydrogens (primary N) is 1. The summed E-state index contributed by atoms with van der Waals surface area (Å²) < 4.78 is 31.7. The highest BCUT2D eigenvalue weighted by molar-refractivity contribution is 7.90. The molecule has 0 fully saturated rings. The Bertz CT molecular complexity index is 1050. The average Bonchev–Trinajstić information content (AvgIpc) is 3.04. The molecular formula is C20H23N3O3S. The zero-order valence-electron chi connectivity index (χ0n) is 15.8. The van der Waals surface area contributed by atoms with E-state index < -0.39 is 10.0 Å². The second-order valence-corrected chi connectivity index (χ2v) is 9.07. The van der Waals surface area contributed by atoms with E-state index in [2.05, 4.69) is 25.9 Å². The zero-order chi connectivity index (χ0) is 19.8. The highest BCUT2D eigenvalue weighted by atomic mass is 32.2. The summed E-state index contributed by atoms with van der Waals surface area (Å²) in [5, 5.41) is 4.23. The minimum Gasteiger partial charge on any atom is -0.497 e. The molecule has 0 amide bonds. The summed E-state index contributed by atoms with van der Waals surface area (Å²) in [5.74, 6) is 0.628. The van der Waals surface area contributed by atoms with Crippen molar-refractivity contribution in [3.8, 4) is 17.0 Å². The molecule has 6 nitrogen and oxygen atoms in total. The second kappa shape index (κ2) is 6.74. The molecule has 0 saturated heterocycles. The van der Waals surface area contributed by atoms with Gasteiger partial charge in [0.1, 0.15) is 11.6 Å². The molecule has 0 spiro atoms. The number of rotatable bonds is 4. The van der Waals surface area contributed by atoms with Gasteiger partial charge in [-0.15, -0.1) is 4.09 Å². The van der Waals surface area contributed by atoms with Crippen LogP contribution in [0.25, 0.3) is 11.3 Å². The van der Waals surface area contributed by atoms with Crippen LogP contribution in [0.3, 0.4) is 0 Å². The Kier molecular flexibility index (Phi) is 4.73. The fourth-order valence-electron chi connectivity index (χ4n) is 2.70. The average molecular weight is 385 g/mol. The van der Waals surface area contributed by atoms with E-state index in [0.29, 0.717) is 11.4 Å². The minimum atomic E-state index is -3.89. The predicted octanol–water partition coefficient (Wildman–Crippen LogP) is 3.68. The van der Waals surface area contributed by atoms with Crippen LogP contribution in [-0.2, 0) is 15.4 Å². The van der Waals surface area contributed by atoms with Gasteiger partial charge in [0.15, 0.2) is 0 Å². The minimum absolute atomic E-state index is 0.0363. The van der Waals surface area contributed by atoms with Gasteiger partial charge in [0.05, 0.1) is 17.7 Å². The van der Waals surface area contributed by atoms with Gasteiger partial charge in [-0.1, -0.05) is 45.0 Å². The lowest BCUT2D eigenvalue weighted by Gasteiger charge is -2.18. The maximum Gasteiger partial charge on any atom is 0.284 e. The summed E-state index contributed by atoms with van der Waals surface area (Å²) in [7, 11) is -2.37. The fraction of sp³-hybridized carbons (Fsp3) is 0.250. The Labute approximate surface area is 159 Å². The van der Waals surface area contributed by atoms with Crippen LogP contribution in [0.5, 0.6) is 5.75 Å². The number of aromatic nitrogens is 2. The van der Waals surface area contributed by atoms with Crippen molar-refractivity contribution >= 4 is 15.8 Å². The molecule has 27 heavy (non-hydrogen) atoms. The molecule has 0 aliphatic carbocycles. The van der Waals surface area contributed by atoms with Crippen molar-refractivity contribution in [3.05, 3.63) is 60.2 Å². The number of methoxy groups -OCH3 is 1. The molecule has 0 aliphatic rings. The molecule has 2 N–H and O–H groups in total. The van der Waals surface area contributed by atoms with Crippen molar-refractivity contribution in [2.75, 3.05) is 12.8 Å². The molecule has 1 heterocycles. The molecule has 3 rings (SSSR count). The lowest BCUT2D eigenvalue weighted by atomic mass is 9.86. The molecular weight excluding hydrogens is 362 g/mol. The molecule has 0 atom stereocenters. The van der Waals surface area contributed by atoms with E-state index in [0.717, 1.165) is 9.65 Å². The standard InChI is InChI=1S/C20H23N3O3S/c1-20(2,3)15-7-5-14(6-8-15)18-13-19(21)23(22-18)27(24,25)17-11-9-16(26-4)10-12-17/h5-13H,21H2,1-4H3. The van der Waals surface area contributed by atoms with E-state index in [1.165, 1.54) is 24.8 Å². The molecule has 3 aromatic rings. The number of anilines is 1. The summed E-state index contributed by atoms with van der Waals surface area (Å²) >= 11 is 0. The maximum absolute atomic E-state index is 12.9. The predicted molar refractivity (Wildman–Crippen MR) is 106 cm³/mol. The topological polar surface area (TPSA) is 87.2 Å². The Hall–Kier alpha value is -2.80. The quantitative estimate of drug-likeness (QED) is 0.740. The van der Waals surface area contributed by atoms with E-state index >= 15 is 0 Å². The molecule has 7 heteroatoms. The number of ether oxygens (including phenoxy) is 1. The van der Waals surface area contributed by atoms with E-state index in [4.69, 9.17) is 10.5 Å². The lowest BCUT2D eigenvalue weighted by molar-refractivity contribution is 0.414. The van der Waals surface area contributed by atoms with Gasteiger partial charge in [0.2, 0.25) is 0 Å². The van der Waals surface area contributed by atoms with Crippen LogP contribution < -0.4 is 10.5 Å². The molecule has 0 bridgehead atoms. The van der Waals surface area contributed by atoms with Gasteiger partial charge in [-0.3, -0.25) is 0 Å². The van der Waals surface area contributed by atoms with Crippen molar-refractivity contribution in [3.63, 3.8) is 0 Å². The van der Waals surface area contributed by atoms with E-state index in [1.54, 1.807) is 18.2 Å². The van der Waals surface area contributed by atoms with Crippen molar-refractivity contribution in [1.82, 2.24) is 9.19 Å². The van der Waals surface area contributed by atoms with E-state index in [9.17, 15) is 8.42 Å². The maximum atomic E-state index is 12.9. The Morgan fingerprint density at radius 2 is 1.59 bits per heavy atom. The molecule has 0 radical (unpaired) electrons. The van der Waals surface area contributed by atoms with Crippen molar-refractivity contribution in [1.29, 1.82) is 0 Å². The summed E-state index contributed by atoms with van der Waals surface area (Å²) in [4.78, 5) is 0.0905. The van der Waals surface area contributed by atoms with Crippen LogP contribution in [0, 0.1) is 0 Å². The van der Waals surface area contributed by atoms with Gasteiger partial charge in [-0.25, -0.2) is 0 Å². The van der Waals surface area contributed by atoms with Gasteiger partial charge in [0.25, 0.3) is 10.0 Å². The number of hydrogen-bond donors (Lipinski definition) is 1. The highest BCUT2D eigenvalue weighted by Crippen LogP contribution is 2.28. The molecule has 0 unspecified atom stereocenters. The summed E-state index contributed by atoms with van der Waals surface area (Å²) in [6.07, 6.45) is 0. The Morgan fingerprint density at radius 1 is 1.00 bits per heavy atom. The van der Waals surface area contributed by atoms with Crippen LogP contribution in [0.2, 0.25) is 0 Å². The van der Waals surface area contributed by atoms with Gasteiger partial charge >= 0.3 is 0 Å². The molecule has 2 aromatic carbocycles. The summed E-state index contributed by atoms with van der Waals surface area (Å²) in [6, 6.07) is 15.5. The largest absolute Gasteiger partial charge is 0.497 e. The summed E-state index contributed by atoms with van der Waals surface area (Å²) in [5.41, 5.74) is 8.48. The monoisotopic (exact) mass is 385 g/mol. The molecule has 0 aliphatic heterocycles. The third-order valence-corrected chi connectivity index (χ3v) is 5.95. The van der Waals surface area contributed by atoms with E-state index in [-0.39, 0.29) is 16.1 Å².